The number of ketones is 1. The van der Waals surface area contributed by atoms with E-state index < -0.39 is 0 Å². The molecule has 0 spiro atoms. The summed E-state index contributed by atoms with van der Waals surface area (Å²) in [5.41, 5.74) is 3.78. The Labute approximate surface area is 120 Å². The second kappa shape index (κ2) is 5.25. The second-order valence-electron chi connectivity index (χ2n) is 4.70. The zero-order chi connectivity index (χ0) is 14.2. The molecule has 0 saturated carbocycles. The van der Waals surface area contributed by atoms with Crippen molar-refractivity contribution in [3.63, 3.8) is 0 Å². The molecule has 0 aromatic heterocycles. The van der Waals surface area contributed by atoms with Crippen molar-refractivity contribution in [1.29, 1.82) is 0 Å². The number of carbonyl (C=O) groups excluding carboxylic acids is 1. The molecule has 98 valence electrons. The van der Waals surface area contributed by atoms with Gasteiger partial charge in [0.1, 0.15) is 5.82 Å². The second-order valence-corrected chi connectivity index (χ2v) is 5.56. The first-order chi connectivity index (χ1) is 8.90. The van der Waals surface area contributed by atoms with Crippen LogP contribution in [0.5, 0.6) is 0 Å². The predicted octanol–water partition coefficient (Wildman–Crippen LogP) is 4.74. The fourth-order valence-electron chi connectivity index (χ4n) is 2.05. The Kier molecular flexibility index (Phi) is 3.85. The summed E-state index contributed by atoms with van der Waals surface area (Å²) in [5.74, 6) is -0.386. The van der Waals surface area contributed by atoms with Crippen LogP contribution in [0.25, 0.3) is 0 Å². The summed E-state index contributed by atoms with van der Waals surface area (Å²) in [6, 6.07) is 8.05. The Morgan fingerprint density at radius 1 is 0.947 bits per heavy atom. The molecule has 0 saturated heterocycles. The maximum Gasteiger partial charge on any atom is 0.193 e. The van der Waals surface area contributed by atoms with Crippen LogP contribution in [0.4, 0.5) is 4.39 Å². The molecule has 19 heavy (non-hydrogen) atoms. The highest BCUT2D eigenvalue weighted by Crippen LogP contribution is 2.24. The Balaban J connectivity index is 2.53. The third-order valence-corrected chi connectivity index (χ3v) is 4.04. The summed E-state index contributed by atoms with van der Waals surface area (Å²) in [4.78, 5) is 12.5. The smallest absolute Gasteiger partial charge is 0.193 e. The molecular weight excluding hydrogens is 307 g/mol. The van der Waals surface area contributed by atoms with E-state index in [4.69, 9.17) is 0 Å². The van der Waals surface area contributed by atoms with E-state index >= 15 is 0 Å². The summed E-state index contributed by atoms with van der Waals surface area (Å²) in [6.45, 7) is 5.59. The Morgan fingerprint density at radius 2 is 1.58 bits per heavy atom. The lowest BCUT2D eigenvalue weighted by atomic mass is 9.95. The maximum absolute atomic E-state index is 13.1. The number of aryl methyl sites for hydroxylation is 3. The highest BCUT2D eigenvalue weighted by molar-refractivity contribution is 9.10. The average molecular weight is 321 g/mol. The summed E-state index contributed by atoms with van der Waals surface area (Å²) >= 11 is 3.45. The molecule has 3 heteroatoms. The topological polar surface area (TPSA) is 17.1 Å². The minimum Gasteiger partial charge on any atom is -0.289 e. The first-order valence-corrected chi connectivity index (χ1v) is 6.77. The van der Waals surface area contributed by atoms with Crippen LogP contribution in [0.1, 0.15) is 32.6 Å². The zero-order valence-corrected chi connectivity index (χ0v) is 12.6. The summed E-state index contributed by atoms with van der Waals surface area (Å²) in [6.07, 6.45) is 0. The van der Waals surface area contributed by atoms with E-state index in [2.05, 4.69) is 15.9 Å². The van der Waals surface area contributed by atoms with Crippen molar-refractivity contribution >= 4 is 21.7 Å². The Morgan fingerprint density at radius 3 is 2.21 bits per heavy atom. The molecular formula is C16H14BrFO. The molecule has 2 aromatic rings. The Hall–Kier alpha value is -1.48. The quantitative estimate of drug-likeness (QED) is 0.730. The van der Waals surface area contributed by atoms with E-state index in [1.807, 2.05) is 26.0 Å². The van der Waals surface area contributed by atoms with Gasteiger partial charge in [0, 0.05) is 15.6 Å². The van der Waals surface area contributed by atoms with Gasteiger partial charge in [-0.25, -0.2) is 4.39 Å². The molecule has 2 aromatic carbocycles. The lowest BCUT2D eigenvalue weighted by Crippen LogP contribution is -2.06. The van der Waals surface area contributed by atoms with Gasteiger partial charge >= 0.3 is 0 Å². The van der Waals surface area contributed by atoms with E-state index in [1.54, 1.807) is 13.0 Å². The van der Waals surface area contributed by atoms with Crippen LogP contribution in [-0.2, 0) is 0 Å². The van der Waals surface area contributed by atoms with Crippen molar-refractivity contribution in [2.75, 3.05) is 0 Å². The highest BCUT2D eigenvalue weighted by atomic mass is 79.9. The summed E-state index contributed by atoms with van der Waals surface area (Å²) < 4.78 is 14.1. The van der Waals surface area contributed by atoms with Gasteiger partial charge in [-0.15, -0.1) is 0 Å². The minimum absolute atomic E-state index is 0.0643. The molecule has 0 atom stereocenters. The van der Waals surface area contributed by atoms with Crippen molar-refractivity contribution < 1.29 is 9.18 Å². The first-order valence-electron chi connectivity index (χ1n) is 5.97. The molecule has 0 amide bonds. The number of carbonyl (C=O) groups is 1. The molecule has 0 bridgehead atoms. The van der Waals surface area contributed by atoms with Crippen LogP contribution in [0.2, 0.25) is 0 Å². The van der Waals surface area contributed by atoms with Gasteiger partial charge in [0.25, 0.3) is 0 Å². The van der Waals surface area contributed by atoms with E-state index in [0.29, 0.717) is 16.7 Å². The van der Waals surface area contributed by atoms with Crippen LogP contribution in [0.3, 0.4) is 0 Å². The van der Waals surface area contributed by atoms with Gasteiger partial charge in [-0.1, -0.05) is 15.9 Å². The van der Waals surface area contributed by atoms with Gasteiger partial charge in [-0.3, -0.25) is 4.79 Å². The van der Waals surface area contributed by atoms with Crippen LogP contribution in [0.15, 0.2) is 34.8 Å². The SMILES string of the molecule is Cc1cc(C(=O)c2ccc(F)cc2C)c(C)cc1Br. The lowest BCUT2D eigenvalue weighted by Gasteiger charge is -2.10. The molecule has 0 heterocycles. The van der Waals surface area contributed by atoms with Crippen LogP contribution < -0.4 is 0 Å². The highest BCUT2D eigenvalue weighted by Gasteiger charge is 2.15. The van der Waals surface area contributed by atoms with Crippen LogP contribution in [0, 0.1) is 26.6 Å². The van der Waals surface area contributed by atoms with Gasteiger partial charge < -0.3 is 0 Å². The zero-order valence-electron chi connectivity index (χ0n) is 11.1. The standard InChI is InChI=1S/C16H14BrFO/c1-9-6-12(18)4-5-13(9)16(19)14-7-11(3)15(17)8-10(14)2/h4-8H,1-3H3. The fraction of sp³-hybridized carbons (Fsp3) is 0.188. The molecule has 2 rings (SSSR count). The van der Waals surface area contributed by atoms with Crippen molar-refractivity contribution in [1.82, 2.24) is 0 Å². The third kappa shape index (κ3) is 2.76. The maximum atomic E-state index is 13.1. The van der Waals surface area contributed by atoms with Crippen molar-refractivity contribution in [2.24, 2.45) is 0 Å². The molecule has 0 fully saturated rings. The largest absolute Gasteiger partial charge is 0.289 e. The van der Waals surface area contributed by atoms with Gasteiger partial charge in [0.2, 0.25) is 0 Å². The molecule has 0 radical (unpaired) electrons. The van der Waals surface area contributed by atoms with Crippen LogP contribution >= 0.6 is 15.9 Å². The molecule has 1 nitrogen and oxygen atoms in total. The molecule has 0 aliphatic carbocycles. The molecule has 0 unspecified atom stereocenters. The third-order valence-electron chi connectivity index (χ3n) is 3.18. The van der Waals surface area contributed by atoms with E-state index in [-0.39, 0.29) is 11.6 Å². The number of halogens is 2. The van der Waals surface area contributed by atoms with Gasteiger partial charge in [-0.05, 0) is 67.8 Å². The first kappa shape index (κ1) is 13.9. The van der Waals surface area contributed by atoms with Gasteiger partial charge in [-0.2, -0.15) is 0 Å². The molecule has 0 aliphatic rings. The van der Waals surface area contributed by atoms with Gasteiger partial charge in [0.15, 0.2) is 5.78 Å². The van der Waals surface area contributed by atoms with Crippen LogP contribution in [-0.4, -0.2) is 5.78 Å². The van der Waals surface area contributed by atoms with E-state index in [1.165, 1.54) is 12.1 Å². The van der Waals surface area contributed by atoms with Crippen molar-refractivity contribution in [3.05, 3.63) is 68.4 Å². The summed E-state index contributed by atoms with van der Waals surface area (Å²) in [7, 11) is 0. The van der Waals surface area contributed by atoms with Crippen molar-refractivity contribution in [2.45, 2.75) is 20.8 Å². The Bertz CT molecular complexity index is 662. The number of rotatable bonds is 2. The minimum atomic E-state index is -0.322. The van der Waals surface area contributed by atoms with E-state index in [0.717, 1.165) is 15.6 Å². The number of hydrogen-bond acceptors (Lipinski definition) is 1. The van der Waals surface area contributed by atoms with E-state index in [9.17, 15) is 9.18 Å². The lowest BCUT2D eigenvalue weighted by molar-refractivity contribution is 0.103. The normalized spacial score (nSPS) is 10.6. The number of hydrogen-bond donors (Lipinski definition) is 0. The summed E-state index contributed by atoms with van der Waals surface area (Å²) in [5, 5.41) is 0. The molecule has 0 N–H and O–H groups in total. The average Bonchev–Trinajstić information content (AvgIpc) is 2.33. The monoisotopic (exact) mass is 320 g/mol. The van der Waals surface area contributed by atoms with Gasteiger partial charge in [0.05, 0.1) is 0 Å². The number of benzene rings is 2. The van der Waals surface area contributed by atoms with Crippen molar-refractivity contribution in [3.8, 4) is 0 Å². The predicted molar refractivity (Wildman–Crippen MR) is 78.2 cm³/mol. The fourth-order valence-corrected chi connectivity index (χ4v) is 2.51. The molecule has 0 aliphatic heterocycles.